The molecule has 6 heteroatoms. The summed E-state index contributed by atoms with van der Waals surface area (Å²) in [7, 11) is 3.18. The summed E-state index contributed by atoms with van der Waals surface area (Å²) < 4.78 is 10.3. The first-order valence-corrected chi connectivity index (χ1v) is 8.26. The van der Waals surface area contributed by atoms with E-state index in [1.54, 1.807) is 32.4 Å². The summed E-state index contributed by atoms with van der Waals surface area (Å²) in [5, 5.41) is 6.10. The molecule has 25 heavy (non-hydrogen) atoms. The maximum atomic E-state index is 12.1. The first kappa shape index (κ1) is 18.9. The van der Waals surface area contributed by atoms with Gasteiger partial charge in [0.2, 0.25) is 0 Å². The van der Waals surface area contributed by atoms with E-state index >= 15 is 0 Å². The SMILES string of the molecule is COc1ccc(C(C)(C)CNC(=O)Nc2ccc(OC)c(Cl)c2)cc1. The lowest BCUT2D eigenvalue weighted by molar-refractivity contribution is 0.249. The molecule has 0 aliphatic rings. The number of ether oxygens (including phenoxy) is 2. The summed E-state index contributed by atoms with van der Waals surface area (Å²) in [5.74, 6) is 1.37. The third-order valence-electron chi connectivity index (χ3n) is 3.97. The van der Waals surface area contributed by atoms with Gasteiger partial charge in [-0.15, -0.1) is 0 Å². The summed E-state index contributed by atoms with van der Waals surface area (Å²) in [6.07, 6.45) is 0. The van der Waals surface area contributed by atoms with Crippen molar-refractivity contribution in [3.8, 4) is 11.5 Å². The van der Waals surface area contributed by atoms with E-state index < -0.39 is 0 Å². The first-order valence-electron chi connectivity index (χ1n) is 7.88. The largest absolute Gasteiger partial charge is 0.497 e. The van der Waals surface area contributed by atoms with Crippen LogP contribution in [0.1, 0.15) is 19.4 Å². The van der Waals surface area contributed by atoms with E-state index in [2.05, 4.69) is 24.5 Å². The maximum absolute atomic E-state index is 12.1. The fourth-order valence-corrected chi connectivity index (χ4v) is 2.62. The van der Waals surface area contributed by atoms with Crippen LogP contribution in [0.2, 0.25) is 5.02 Å². The van der Waals surface area contributed by atoms with Gasteiger partial charge in [-0.2, -0.15) is 0 Å². The van der Waals surface area contributed by atoms with Gasteiger partial charge in [-0.3, -0.25) is 0 Å². The minimum Gasteiger partial charge on any atom is -0.497 e. The zero-order chi connectivity index (χ0) is 18.4. The normalized spacial score (nSPS) is 10.9. The first-order chi connectivity index (χ1) is 11.9. The minimum absolute atomic E-state index is 0.221. The zero-order valence-corrected chi connectivity index (χ0v) is 15.6. The van der Waals surface area contributed by atoms with Gasteiger partial charge >= 0.3 is 6.03 Å². The number of carbonyl (C=O) groups is 1. The molecule has 2 aromatic carbocycles. The minimum atomic E-state index is -0.289. The van der Waals surface area contributed by atoms with Gasteiger partial charge in [-0.05, 0) is 35.9 Å². The van der Waals surface area contributed by atoms with Crippen molar-refractivity contribution in [1.29, 1.82) is 0 Å². The molecule has 2 rings (SSSR count). The molecule has 0 unspecified atom stereocenters. The summed E-state index contributed by atoms with van der Waals surface area (Å²) in [5.41, 5.74) is 1.49. The molecule has 5 nitrogen and oxygen atoms in total. The number of nitrogens with one attached hydrogen (secondary N) is 2. The number of halogens is 1. The van der Waals surface area contributed by atoms with Gasteiger partial charge in [0, 0.05) is 17.6 Å². The number of rotatable bonds is 6. The number of urea groups is 1. The van der Waals surface area contributed by atoms with Crippen molar-refractivity contribution in [2.75, 3.05) is 26.1 Å². The Balaban J connectivity index is 1.94. The predicted molar refractivity (Wildman–Crippen MR) is 101 cm³/mol. The lowest BCUT2D eigenvalue weighted by Crippen LogP contribution is -2.38. The Morgan fingerprint density at radius 1 is 1.08 bits per heavy atom. The maximum Gasteiger partial charge on any atom is 0.319 e. The second-order valence-corrected chi connectivity index (χ2v) is 6.68. The van der Waals surface area contributed by atoms with E-state index in [1.807, 2.05) is 24.3 Å². The summed E-state index contributed by atoms with van der Waals surface area (Å²) in [6, 6.07) is 12.6. The number of benzene rings is 2. The molecule has 0 aromatic heterocycles. The van der Waals surface area contributed by atoms with Crippen LogP contribution in [0.3, 0.4) is 0 Å². The number of amides is 2. The highest BCUT2D eigenvalue weighted by atomic mass is 35.5. The third kappa shape index (κ3) is 5.03. The Kier molecular flexibility index (Phi) is 6.15. The molecule has 0 heterocycles. The molecule has 0 radical (unpaired) electrons. The summed E-state index contributed by atoms with van der Waals surface area (Å²) in [4.78, 5) is 12.1. The molecular weight excluding hydrogens is 340 g/mol. The fraction of sp³-hybridized carbons (Fsp3) is 0.316. The molecule has 0 spiro atoms. The van der Waals surface area contributed by atoms with Crippen molar-refractivity contribution in [2.45, 2.75) is 19.3 Å². The Bertz CT molecular complexity index is 730. The van der Waals surface area contributed by atoms with Gasteiger partial charge in [0.1, 0.15) is 11.5 Å². The Labute approximate surface area is 153 Å². The van der Waals surface area contributed by atoms with Crippen molar-refractivity contribution in [3.05, 3.63) is 53.1 Å². The summed E-state index contributed by atoms with van der Waals surface area (Å²) in [6.45, 7) is 4.62. The van der Waals surface area contributed by atoms with Crippen LogP contribution in [0.15, 0.2) is 42.5 Å². The van der Waals surface area contributed by atoms with Crippen LogP contribution in [0.5, 0.6) is 11.5 Å². The predicted octanol–water partition coefficient (Wildman–Crippen LogP) is 4.46. The Morgan fingerprint density at radius 3 is 2.32 bits per heavy atom. The zero-order valence-electron chi connectivity index (χ0n) is 14.9. The van der Waals surface area contributed by atoms with Crippen LogP contribution in [0.4, 0.5) is 10.5 Å². The molecule has 2 aromatic rings. The van der Waals surface area contributed by atoms with Crippen LogP contribution in [0.25, 0.3) is 0 Å². The highest BCUT2D eigenvalue weighted by molar-refractivity contribution is 6.32. The van der Waals surface area contributed by atoms with Gasteiger partial charge in [0.25, 0.3) is 0 Å². The number of carbonyl (C=O) groups excluding carboxylic acids is 1. The number of hydrogen-bond donors (Lipinski definition) is 2. The van der Waals surface area contributed by atoms with E-state index in [0.717, 1.165) is 11.3 Å². The molecule has 2 amide bonds. The molecule has 0 aliphatic heterocycles. The molecule has 0 atom stereocenters. The average Bonchev–Trinajstić information content (AvgIpc) is 2.60. The van der Waals surface area contributed by atoms with Crippen molar-refractivity contribution in [2.24, 2.45) is 0 Å². The third-order valence-corrected chi connectivity index (χ3v) is 4.27. The molecule has 2 N–H and O–H groups in total. The highest BCUT2D eigenvalue weighted by Crippen LogP contribution is 2.27. The van der Waals surface area contributed by atoms with Crippen molar-refractivity contribution >= 4 is 23.3 Å². The standard InChI is InChI=1S/C19H23ClN2O3/c1-19(2,13-5-8-15(24-3)9-6-13)12-21-18(23)22-14-7-10-17(25-4)16(20)11-14/h5-11H,12H2,1-4H3,(H2,21,22,23). The number of methoxy groups -OCH3 is 2. The van der Waals surface area contributed by atoms with Crippen molar-refractivity contribution in [1.82, 2.24) is 5.32 Å². The Hall–Kier alpha value is -2.40. The number of anilines is 1. The van der Waals surface area contributed by atoms with Crippen LogP contribution in [-0.2, 0) is 5.41 Å². The quantitative estimate of drug-likeness (QED) is 0.797. The van der Waals surface area contributed by atoms with E-state index in [1.165, 1.54) is 0 Å². The summed E-state index contributed by atoms with van der Waals surface area (Å²) >= 11 is 6.06. The van der Waals surface area contributed by atoms with Crippen LogP contribution in [0, 0.1) is 0 Å². The average molecular weight is 363 g/mol. The van der Waals surface area contributed by atoms with Gasteiger partial charge in [-0.1, -0.05) is 37.6 Å². The highest BCUT2D eigenvalue weighted by Gasteiger charge is 2.21. The van der Waals surface area contributed by atoms with Gasteiger partial charge in [0.05, 0.1) is 19.2 Å². The van der Waals surface area contributed by atoms with Gasteiger partial charge in [-0.25, -0.2) is 4.79 Å². The lowest BCUT2D eigenvalue weighted by atomic mass is 9.84. The Morgan fingerprint density at radius 2 is 1.76 bits per heavy atom. The van der Waals surface area contributed by atoms with E-state index in [-0.39, 0.29) is 11.4 Å². The second kappa shape index (κ2) is 8.12. The van der Waals surface area contributed by atoms with E-state index in [9.17, 15) is 4.79 Å². The van der Waals surface area contributed by atoms with E-state index in [0.29, 0.717) is 23.0 Å². The monoisotopic (exact) mass is 362 g/mol. The number of hydrogen-bond acceptors (Lipinski definition) is 3. The fourth-order valence-electron chi connectivity index (χ4n) is 2.36. The smallest absolute Gasteiger partial charge is 0.319 e. The van der Waals surface area contributed by atoms with Gasteiger partial charge in [0.15, 0.2) is 0 Å². The molecule has 0 saturated heterocycles. The van der Waals surface area contributed by atoms with Crippen molar-refractivity contribution < 1.29 is 14.3 Å². The molecule has 134 valence electrons. The molecule has 0 saturated carbocycles. The molecular formula is C19H23ClN2O3. The lowest BCUT2D eigenvalue weighted by Gasteiger charge is -2.26. The van der Waals surface area contributed by atoms with Crippen LogP contribution < -0.4 is 20.1 Å². The molecule has 0 aliphatic carbocycles. The van der Waals surface area contributed by atoms with Gasteiger partial charge < -0.3 is 20.1 Å². The molecule has 0 bridgehead atoms. The van der Waals surface area contributed by atoms with Crippen LogP contribution in [-0.4, -0.2) is 26.8 Å². The van der Waals surface area contributed by atoms with Crippen LogP contribution >= 0.6 is 11.6 Å². The van der Waals surface area contributed by atoms with Crippen molar-refractivity contribution in [3.63, 3.8) is 0 Å². The second-order valence-electron chi connectivity index (χ2n) is 6.27. The molecule has 0 fully saturated rings. The van der Waals surface area contributed by atoms with E-state index in [4.69, 9.17) is 21.1 Å². The topological polar surface area (TPSA) is 59.6 Å².